The minimum Gasteiger partial charge on any atom is -0.502 e. The molecule has 0 amide bonds. The Bertz CT molecular complexity index is 984. The molecule has 1 heterocycles. The molecule has 8 heteroatoms. The number of nitro groups is 1. The van der Waals surface area contributed by atoms with Crippen LogP contribution in [0.25, 0.3) is 11.3 Å². The Morgan fingerprint density at radius 2 is 2.04 bits per heavy atom. The van der Waals surface area contributed by atoms with E-state index >= 15 is 0 Å². The summed E-state index contributed by atoms with van der Waals surface area (Å²) in [6.07, 6.45) is 1.36. The first-order valence-corrected chi connectivity index (χ1v) is 9.15. The maximum absolute atomic E-state index is 11.2. The van der Waals surface area contributed by atoms with Crippen LogP contribution in [0, 0.1) is 10.1 Å². The molecule has 1 aromatic heterocycles. The highest BCUT2D eigenvalue weighted by Crippen LogP contribution is 2.33. The number of nitro benzene ring substituents is 1. The lowest BCUT2D eigenvalue weighted by Crippen LogP contribution is -1.98. The fourth-order valence-electron chi connectivity index (χ4n) is 2.46. The largest absolute Gasteiger partial charge is 0.502 e. The minimum absolute atomic E-state index is 0.0804. The predicted octanol–water partition coefficient (Wildman–Crippen LogP) is 4.99. The van der Waals surface area contributed by atoms with E-state index in [1.54, 1.807) is 6.07 Å². The van der Waals surface area contributed by atoms with Crippen LogP contribution in [-0.4, -0.2) is 21.2 Å². The van der Waals surface area contributed by atoms with Gasteiger partial charge < -0.3 is 5.11 Å². The van der Waals surface area contributed by atoms with Crippen LogP contribution in [0.1, 0.15) is 30.9 Å². The van der Waals surface area contributed by atoms with Crippen molar-refractivity contribution in [2.45, 2.75) is 19.8 Å². The van der Waals surface area contributed by atoms with Crippen molar-refractivity contribution in [1.82, 2.24) is 4.98 Å². The summed E-state index contributed by atoms with van der Waals surface area (Å²) in [7, 11) is 0. The number of anilines is 1. The summed E-state index contributed by atoms with van der Waals surface area (Å²) < 4.78 is 0. The number of hydrazone groups is 1. The molecule has 0 atom stereocenters. The molecular formula is C19H18N4O3S. The van der Waals surface area contributed by atoms with Crippen LogP contribution in [0.3, 0.4) is 0 Å². The highest BCUT2D eigenvalue weighted by Gasteiger charge is 2.19. The Labute approximate surface area is 160 Å². The van der Waals surface area contributed by atoms with Crippen LogP contribution >= 0.6 is 11.3 Å². The zero-order chi connectivity index (χ0) is 19.4. The first-order chi connectivity index (χ1) is 13.0. The van der Waals surface area contributed by atoms with E-state index < -0.39 is 10.7 Å². The van der Waals surface area contributed by atoms with Gasteiger partial charge in [0.05, 0.1) is 16.8 Å². The molecular weight excluding hydrogens is 364 g/mol. The van der Waals surface area contributed by atoms with Gasteiger partial charge in [-0.1, -0.05) is 44.2 Å². The van der Waals surface area contributed by atoms with E-state index in [0.717, 1.165) is 16.8 Å². The molecule has 27 heavy (non-hydrogen) atoms. The Hall–Kier alpha value is -3.26. The summed E-state index contributed by atoms with van der Waals surface area (Å²) in [5.74, 6) is -0.323. The van der Waals surface area contributed by atoms with Crippen molar-refractivity contribution in [3.05, 3.63) is 69.1 Å². The molecule has 138 valence electrons. The van der Waals surface area contributed by atoms with Crippen LogP contribution in [0.15, 0.2) is 52.9 Å². The normalized spacial score (nSPS) is 11.2. The van der Waals surface area contributed by atoms with Crippen LogP contribution in [-0.2, 0) is 0 Å². The van der Waals surface area contributed by atoms with Gasteiger partial charge in [0, 0.05) is 22.6 Å². The third-order valence-corrected chi connectivity index (χ3v) is 4.69. The molecule has 0 aliphatic carbocycles. The van der Waals surface area contributed by atoms with Gasteiger partial charge in [-0.05, 0) is 17.5 Å². The Balaban J connectivity index is 1.80. The summed E-state index contributed by atoms with van der Waals surface area (Å²) >= 11 is 1.39. The SMILES string of the molecule is CC(C)c1cc(C=NNc2nc(-c3ccccc3)cs2)c(O)c([N+](=O)[O-])c1. The molecule has 0 spiro atoms. The van der Waals surface area contributed by atoms with Crippen molar-refractivity contribution in [3.63, 3.8) is 0 Å². The van der Waals surface area contributed by atoms with E-state index in [1.807, 2.05) is 49.6 Å². The summed E-state index contributed by atoms with van der Waals surface area (Å²) in [6, 6.07) is 12.8. The van der Waals surface area contributed by atoms with Crippen LogP contribution in [0.4, 0.5) is 10.8 Å². The molecule has 0 saturated heterocycles. The quantitative estimate of drug-likeness (QED) is 0.355. The molecule has 2 aromatic carbocycles. The van der Waals surface area contributed by atoms with Gasteiger partial charge in [-0.15, -0.1) is 11.3 Å². The molecule has 0 radical (unpaired) electrons. The molecule has 3 rings (SSSR count). The molecule has 0 saturated carbocycles. The fourth-order valence-corrected chi connectivity index (χ4v) is 3.13. The van der Waals surface area contributed by atoms with Gasteiger partial charge in [0.15, 0.2) is 0 Å². The first kappa shape index (κ1) is 18.5. The molecule has 0 aliphatic rings. The van der Waals surface area contributed by atoms with Gasteiger partial charge in [-0.2, -0.15) is 5.10 Å². The average molecular weight is 382 g/mol. The van der Waals surface area contributed by atoms with E-state index in [2.05, 4.69) is 15.5 Å². The van der Waals surface area contributed by atoms with Crippen molar-refractivity contribution >= 4 is 28.4 Å². The fraction of sp³-hybridized carbons (Fsp3) is 0.158. The topological polar surface area (TPSA) is 101 Å². The number of nitrogens with zero attached hydrogens (tertiary/aromatic N) is 3. The van der Waals surface area contributed by atoms with Crippen molar-refractivity contribution in [3.8, 4) is 17.0 Å². The Kier molecular flexibility index (Phi) is 5.46. The Morgan fingerprint density at radius 3 is 2.70 bits per heavy atom. The van der Waals surface area contributed by atoms with E-state index in [9.17, 15) is 15.2 Å². The van der Waals surface area contributed by atoms with Gasteiger partial charge in [-0.3, -0.25) is 15.5 Å². The van der Waals surface area contributed by atoms with E-state index in [4.69, 9.17) is 0 Å². The zero-order valence-corrected chi connectivity index (χ0v) is 15.6. The monoisotopic (exact) mass is 382 g/mol. The molecule has 0 aliphatic heterocycles. The van der Waals surface area contributed by atoms with E-state index in [-0.39, 0.29) is 17.2 Å². The highest BCUT2D eigenvalue weighted by molar-refractivity contribution is 7.14. The second-order valence-electron chi connectivity index (χ2n) is 6.16. The standard InChI is InChI=1S/C19H18N4O3S/c1-12(2)14-8-15(18(24)17(9-14)23(25)26)10-20-22-19-21-16(11-27-19)13-6-4-3-5-7-13/h3-12,24H,1-2H3,(H,21,22). The maximum Gasteiger partial charge on any atom is 0.311 e. The van der Waals surface area contributed by atoms with Gasteiger partial charge in [-0.25, -0.2) is 4.98 Å². The van der Waals surface area contributed by atoms with Gasteiger partial charge >= 0.3 is 5.69 Å². The number of rotatable bonds is 6. The summed E-state index contributed by atoms with van der Waals surface area (Å²) in [6.45, 7) is 3.85. The number of aromatic hydroxyl groups is 1. The van der Waals surface area contributed by atoms with Gasteiger partial charge in [0.25, 0.3) is 0 Å². The maximum atomic E-state index is 11.2. The average Bonchev–Trinajstić information content (AvgIpc) is 3.12. The summed E-state index contributed by atoms with van der Waals surface area (Å²) in [5.41, 5.74) is 5.34. The van der Waals surface area contributed by atoms with Crippen molar-refractivity contribution in [2.24, 2.45) is 5.10 Å². The summed E-state index contributed by atoms with van der Waals surface area (Å²) in [4.78, 5) is 15.0. The second kappa shape index (κ2) is 7.96. The number of hydrogen-bond donors (Lipinski definition) is 2. The third kappa shape index (κ3) is 4.29. The van der Waals surface area contributed by atoms with Crippen LogP contribution in [0.5, 0.6) is 5.75 Å². The summed E-state index contributed by atoms with van der Waals surface area (Å²) in [5, 5.41) is 27.9. The third-order valence-electron chi connectivity index (χ3n) is 3.94. The van der Waals surface area contributed by atoms with Crippen LogP contribution < -0.4 is 5.43 Å². The molecule has 0 bridgehead atoms. The molecule has 0 unspecified atom stereocenters. The minimum atomic E-state index is -0.598. The van der Waals surface area contributed by atoms with Crippen LogP contribution in [0.2, 0.25) is 0 Å². The van der Waals surface area contributed by atoms with Gasteiger partial charge in [0.2, 0.25) is 10.9 Å². The lowest BCUT2D eigenvalue weighted by Gasteiger charge is -2.08. The second-order valence-corrected chi connectivity index (χ2v) is 7.02. The first-order valence-electron chi connectivity index (χ1n) is 8.27. The van der Waals surface area contributed by atoms with Crippen molar-refractivity contribution in [1.29, 1.82) is 0 Å². The number of benzene rings is 2. The zero-order valence-electron chi connectivity index (χ0n) is 14.8. The Morgan fingerprint density at radius 1 is 1.30 bits per heavy atom. The molecule has 0 fully saturated rings. The molecule has 3 aromatic rings. The number of nitrogens with one attached hydrogen (secondary N) is 1. The smallest absolute Gasteiger partial charge is 0.311 e. The molecule has 2 N–H and O–H groups in total. The molecule has 7 nitrogen and oxygen atoms in total. The number of hydrogen-bond acceptors (Lipinski definition) is 7. The number of thiazole rings is 1. The number of phenolic OH excluding ortho intramolecular Hbond substituents is 1. The lowest BCUT2D eigenvalue weighted by atomic mass is 9.99. The predicted molar refractivity (Wildman–Crippen MR) is 108 cm³/mol. The lowest BCUT2D eigenvalue weighted by molar-refractivity contribution is -0.385. The van der Waals surface area contributed by atoms with Crippen molar-refractivity contribution < 1.29 is 10.0 Å². The van der Waals surface area contributed by atoms with E-state index in [1.165, 1.54) is 23.6 Å². The number of phenols is 1. The number of aromatic nitrogens is 1. The van der Waals surface area contributed by atoms with E-state index in [0.29, 0.717) is 5.13 Å². The highest BCUT2D eigenvalue weighted by atomic mass is 32.1. The van der Waals surface area contributed by atoms with Gasteiger partial charge in [0.1, 0.15) is 0 Å². The van der Waals surface area contributed by atoms with Crippen molar-refractivity contribution in [2.75, 3.05) is 5.43 Å².